The number of aromatic nitrogens is 1. The molecule has 0 bridgehead atoms. The molecule has 74 valence electrons. The van der Waals surface area contributed by atoms with Crippen LogP contribution in [0.1, 0.15) is 18.5 Å². The highest BCUT2D eigenvalue weighted by Gasteiger charge is 2.10. The minimum atomic E-state index is -0.795. The third-order valence-corrected chi connectivity index (χ3v) is 1.98. The third kappa shape index (κ3) is 1.61. The lowest BCUT2D eigenvalue weighted by molar-refractivity contribution is -0.137. The van der Waals surface area contributed by atoms with Crippen LogP contribution < -0.4 is 0 Å². The summed E-state index contributed by atoms with van der Waals surface area (Å²) in [5, 5.41) is 13.1. The van der Waals surface area contributed by atoms with Gasteiger partial charge in [0, 0.05) is 6.42 Å². The molecule has 14 heavy (non-hydrogen) atoms. The molecule has 0 atom stereocenters. The minimum absolute atomic E-state index is 0.145. The van der Waals surface area contributed by atoms with Gasteiger partial charge in [0.25, 0.3) is 0 Å². The van der Waals surface area contributed by atoms with Crippen molar-refractivity contribution in [2.75, 3.05) is 0 Å². The molecule has 2 heterocycles. The maximum atomic E-state index is 10.3. The summed E-state index contributed by atoms with van der Waals surface area (Å²) in [7, 11) is 0. The van der Waals surface area contributed by atoms with Crippen LogP contribution in [0.2, 0.25) is 0 Å². The highest BCUT2D eigenvalue weighted by atomic mass is 16.5. The minimum Gasteiger partial charge on any atom is -0.481 e. The highest BCUT2D eigenvalue weighted by Crippen LogP contribution is 2.20. The van der Waals surface area contributed by atoms with Gasteiger partial charge in [-0.3, -0.25) is 4.79 Å². The number of carbonyl (C=O) groups is 1. The van der Waals surface area contributed by atoms with E-state index >= 15 is 0 Å². The lowest BCUT2D eigenvalue weighted by atomic mass is 10.1. The number of carboxylic acids is 1. The predicted molar refractivity (Wildman–Crippen MR) is 46.8 cm³/mol. The van der Waals surface area contributed by atoms with Crippen molar-refractivity contribution in [3.8, 4) is 0 Å². The van der Waals surface area contributed by atoms with E-state index in [1.807, 2.05) is 0 Å². The fourth-order valence-corrected chi connectivity index (χ4v) is 1.31. The van der Waals surface area contributed by atoms with Gasteiger partial charge in [-0.25, -0.2) is 0 Å². The Bertz CT molecular complexity index is 442. The van der Waals surface area contributed by atoms with Crippen LogP contribution in [0.15, 0.2) is 21.3 Å². The molecule has 0 aromatic carbocycles. The number of carboxylic acid groups (broad SMARTS) is 1. The summed E-state index contributed by atoms with van der Waals surface area (Å²) < 4.78 is 9.86. The fraction of sp³-hybridized carbons (Fsp3) is 0.333. The van der Waals surface area contributed by atoms with Gasteiger partial charge in [0.15, 0.2) is 0 Å². The Morgan fingerprint density at radius 3 is 3.21 bits per heavy atom. The summed E-state index contributed by atoms with van der Waals surface area (Å²) in [6.07, 6.45) is 2.82. The van der Waals surface area contributed by atoms with E-state index < -0.39 is 5.97 Å². The quantitative estimate of drug-likeness (QED) is 0.805. The summed E-state index contributed by atoms with van der Waals surface area (Å²) >= 11 is 0. The normalized spacial score (nSPS) is 10.9. The third-order valence-electron chi connectivity index (χ3n) is 1.98. The summed E-state index contributed by atoms with van der Waals surface area (Å²) in [5.74, 6) is -0.396. The second-order valence-corrected chi connectivity index (χ2v) is 3.00. The van der Waals surface area contributed by atoms with Crippen molar-refractivity contribution in [2.45, 2.75) is 19.3 Å². The largest absolute Gasteiger partial charge is 0.481 e. The van der Waals surface area contributed by atoms with Crippen molar-refractivity contribution >= 4 is 17.1 Å². The van der Waals surface area contributed by atoms with Crippen LogP contribution >= 0.6 is 0 Å². The number of furan rings is 1. The molecule has 0 saturated carbocycles. The molecular weight excluding hydrogens is 186 g/mol. The van der Waals surface area contributed by atoms with E-state index in [1.54, 1.807) is 6.07 Å². The Morgan fingerprint density at radius 1 is 1.57 bits per heavy atom. The van der Waals surface area contributed by atoms with Gasteiger partial charge in [0.1, 0.15) is 0 Å². The number of nitrogens with zero attached hydrogens (tertiary/aromatic N) is 1. The molecule has 0 aliphatic carbocycles. The second kappa shape index (κ2) is 3.53. The topological polar surface area (TPSA) is 76.5 Å². The van der Waals surface area contributed by atoms with E-state index in [2.05, 4.69) is 5.16 Å². The zero-order valence-electron chi connectivity index (χ0n) is 7.40. The Hall–Kier alpha value is -1.78. The van der Waals surface area contributed by atoms with Gasteiger partial charge < -0.3 is 14.0 Å². The van der Waals surface area contributed by atoms with E-state index in [9.17, 15) is 4.79 Å². The van der Waals surface area contributed by atoms with Crippen molar-refractivity contribution in [2.24, 2.45) is 0 Å². The van der Waals surface area contributed by atoms with Crippen LogP contribution in [0.4, 0.5) is 0 Å². The maximum Gasteiger partial charge on any atom is 0.323 e. The van der Waals surface area contributed by atoms with Crippen molar-refractivity contribution < 1.29 is 18.8 Å². The van der Waals surface area contributed by atoms with E-state index in [0.29, 0.717) is 18.6 Å². The first-order chi connectivity index (χ1) is 6.77. The first-order valence-corrected chi connectivity index (χ1v) is 4.31. The van der Waals surface area contributed by atoms with E-state index in [-0.39, 0.29) is 6.42 Å². The van der Waals surface area contributed by atoms with Gasteiger partial charge in [-0.15, -0.1) is 0 Å². The second-order valence-electron chi connectivity index (χ2n) is 3.00. The van der Waals surface area contributed by atoms with E-state index in [1.165, 1.54) is 6.26 Å². The Balaban J connectivity index is 2.04. The van der Waals surface area contributed by atoms with Crippen molar-refractivity contribution in [1.29, 1.82) is 0 Å². The molecule has 5 nitrogen and oxygen atoms in total. The zero-order valence-corrected chi connectivity index (χ0v) is 7.40. The number of aliphatic carboxylic acids is 1. The average molecular weight is 195 g/mol. The lowest BCUT2D eigenvalue weighted by Crippen LogP contribution is -1.95. The smallest absolute Gasteiger partial charge is 0.323 e. The van der Waals surface area contributed by atoms with Crippen molar-refractivity contribution in [3.63, 3.8) is 0 Å². The van der Waals surface area contributed by atoms with Crippen LogP contribution in [0, 0.1) is 0 Å². The molecule has 5 heteroatoms. The Morgan fingerprint density at radius 2 is 2.43 bits per heavy atom. The maximum absolute atomic E-state index is 10.3. The summed E-state index contributed by atoms with van der Waals surface area (Å²) in [6.45, 7) is 0. The molecule has 0 fully saturated rings. The van der Waals surface area contributed by atoms with Crippen LogP contribution in [0.3, 0.4) is 0 Å². The van der Waals surface area contributed by atoms with Crippen LogP contribution in [0.5, 0.6) is 0 Å². The van der Waals surface area contributed by atoms with Crippen molar-refractivity contribution in [1.82, 2.24) is 5.16 Å². The van der Waals surface area contributed by atoms with E-state index in [4.69, 9.17) is 14.0 Å². The van der Waals surface area contributed by atoms with Gasteiger partial charge in [-0.1, -0.05) is 5.16 Å². The summed E-state index contributed by atoms with van der Waals surface area (Å²) in [6, 6.07) is 1.77. The number of aryl methyl sites for hydroxylation is 1. The van der Waals surface area contributed by atoms with E-state index in [0.717, 1.165) is 11.1 Å². The molecule has 0 radical (unpaired) electrons. The molecule has 2 aromatic heterocycles. The molecule has 2 rings (SSSR count). The average Bonchev–Trinajstić information content (AvgIpc) is 2.67. The zero-order chi connectivity index (χ0) is 9.97. The summed E-state index contributed by atoms with van der Waals surface area (Å²) in [4.78, 5) is 10.3. The molecule has 0 saturated heterocycles. The van der Waals surface area contributed by atoms with Gasteiger partial charge in [-0.2, -0.15) is 0 Å². The molecule has 0 spiro atoms. The summed E-state index contributed by atoms with van der Waals surface area (Å²) in [5.41, 5.74) is 0.759. The number of rotatable bonds is 4. The molecule has 0 unspecified atom stereocenters. The van der Waals surface area contributed by atoms with Gasteiger partial charge in [0.2, 0.25) is 0 Å². The van der Waals surface area contributed by atoms with Crippen LogP contribution in [-0.2, 0) is 11.2 Å². The van der Waals surface area contributed by atoms with Gasteiger partial charge in [-0.05, 0) is 18.9 Å². The molecule has 0 aliphatic heterocycles. The number of hydrogen-bond acceptors (Lipinski definition) is 4. The number of fused-ring (bicyclic) bond motifs is 1. The Kier molecular flexibility index (Phi) is 2.22. The highest BCUT2D eigenvalue weighted by molar-refractivity contribution is 5.74. The molecule has 0 aliphatic rings. The SMILES string of the molecule is O=C(O)CCCc1noc2occc12. The molecular formula is C9H9NO4. The molecule has 1 N–H and O–H groups in total. The molecule has 2 aromatic rings. The first kappa shape index (κ1) is 8.80. The fourth-order valence-electron chi connectivity index (χ4n) is 1.31. The van der Waals surface area contributed by atoms with Crippen molar-refractivity contribution in [3.05, 3.63) is 18.0 Å². The number of hydrogen-bond donors (Lipinski definition) is 1. The van der Waals surface area contributed by atoms with Crippen LogP contribution in [-0.4, -0.2) is 16.2 Å². The standard InChI is InChI=1S/C9H9NO4/c11-8(12)3-1-2-7-6-4-5-13-9(6)14-10-7/h4-5H,1-3H2,(H,11,12). The molecule has 0 amide bonds. The lowest BCUT2D eigenvalue weighted by Gasteiger charge is -1.92. The van der Waals surface area contributed by atoms with Gasteiger partial charge in [0.05, 0.1) is 17.3 Å². The first-order valence-electron chi connectivity index (χ1n) is 4.31. The predicted octanol–water partition coefficient (Wildman–Crippen LogP) is 1.83. The Labute approximate surface area is 79.3 Å². The van der Waals surface area contributed by atoms with Gasteiger partial charge >= 0.3 is 11.7 Å². The monoisotopic (exact) mass is 195 g/mol. The van der Waals surface area contributed by atoms with Crippen LogP contribution in [0.25, 0.3) is 11.2 Å².